The molecular formula is C21H26ClN3O5. The van der Waals surface area contributed by atoms with E-state index in [2.05, 4.69) is 15.5 Å². The lowest BCUT2D eigenvalue weighted by atomic mass is 9.93. The highest BCUT2D eigenvalue weighted by molar-refractivity contribution is 6.30. The molecule has 0 aromatic heterocycles. The second-order valence-corrected chi connectivity index (χ2v) is 7.71. The van der Waals surface area contributed by atoms with Gasteiger partial charge in [0.05, 0.1) is 31.2 Å². The van der Waals surface area contributed by atoms with Crippen LogP contribution in [0.15, 0.2) is 35.5 Å². The third-order valence-electron chi connectivity index (χ3n) is 5.33. The van der Waals surface area contributed by atoms with Crippen LogP contribution in [-0.4, -0.2) is 56.2 Å². The minimum Gasteiger partial charge on any atom is -0.466 e. The molecule has 2 heterocycles. The molecule has 2 aliphatic rings. The number of esters is 2. The molecule has 30 heavy (non-hydrogen) atoms. The van der Waals surface area contributed by atoms with E-state index < -0.39 is 18.0 Å². The van der Waals surface area contributed by atoms with Crippen LogP contribution >= 0.6 is 11.6 Å². The Balaban J connectivity index is 1.82. The summed E-state index contributed by atoms with van der Waals surface area (Å²) in [6.45, 7) is 3.85. The first-order valence-electron chi connectivity index (χ1n) is 9.96. The highest BCUT2D eigenvalue weighted by atomic mass is 35.5. The van der Waals surface area contributed by atoms with E-state index in [0.717, 1.165) is 0 Å². The van der Waals surface area contributed by atoms with Gasteiger partial charge in [0.1, 0.15) is 0 Å². The number of nitrogens with zero attached hydrogens (tertiary/aromatic N) is 1. The zero-order valence-corrected chi connectivity index (χ0v) is 17.8. The average molecular weight is 436 g/mol. The molecule has 0 saturated carbocycles. The van der Waals surface area contributed by atoms with Gasteiger partial charge in [-0.1, -0.05) is 23.7 Å². The fraction of sp³-hybridized carbons (Fsp3) is 0.476. The van der Waals surface area contributed by atoms with E-state index in [9.17, 15) is 14.4 Å². The van der Waals surface area contributed by atoms with Crippen molar-refractivity contribution in [1.82, 2.24) is 15.5 Å². The fourth-order valence-electron chi connectivity index (χ4n) is 3.84. The van der Waals surface area contributed by atoms with Crippen LogP contribution in [0.3, 0.4) is 0 Å². The van der Waals surface area contributed by atoms with Crippen LogP contribution in [0.25, 0.3) is 0 Å². The van der Waals surface area contributed by atoms with Crippen molar-refractivity contribution >= 4 is 29.6 Å². The number of piperidine rings is 1. The lowest BCUT2D eigenvalue weighted by molar-refractivity contribution is -0.149. The lowest BCUT2D eigenvalue weighted by Crippen LogP contribution is -2.49. The first-order valence-corrected chi connectivity index (χ1v) is 10.3. The fourth-order valence-corrected chi connectivity index (χ4v) is 4.04. The zero-order chi connectivity index (χ0) is 21.7. The molecule has 0 bridgehead atoms. The molecule has 0 spiro atoms. The minimum atomic E-state index is -0.669. The molecule has 1 aromatic rings. The van der Waals surface area contributed by atoms with Crippen molar-refractivity contribution in [1.29, 1.82) is 0 Å². The van der Waals surface area contributed by atoms with Crippen LogP contribution in [0.4, 0.5) is 4.79 Å². The number of likely N-dealkylation sites (tertiary alicyclic amines) is 1. The van der Waals surface area contributed by atoms with Crippen LogP contribution in [-0.2, 0) is 19.1 Å². The SMILES string of the molecule is CCOC(=O)C1CCN(CC2=C(C(=O)OC)C(c3cccc(Cl)c3)NC(=O)N2)CC1. The number of halogens is 1. The van der Waals surface area contributed by atoms with Gasteiger partial charge >= 0.3 is 18.0 Å². The maximum atomic E-state index is 12.6. The molecule has 9 heteroatoms. The van der Waals surface area contributed by atoms with Gasteiger partial charge in [-0.15, -0.1) is 0 Å². The summed E-state index contributed by atoms with van der Waals surface area (Å²) in [4.78, 5) is 39.0. The topological polar surface area (TPSA) is 97.0 Å². The van der Waals surface area contributed by atoms with Gasteiger partial charge in [-0.2, -0.15) is 0 Å². The number of carbonyl (C=O) groups is 3. The monoisotopic (exact) mass is 435 g/mol. The molecule has 1 fully saturated rings. The number of methoxy groups -OCH3 is 1. The van der Waals surface area contributed by atoms with Crippen molar-refractivity contribution < 1.29 is 23.9 Å². The first kappa shape index (κ1) is 22.1. The van der Waals surface area contributed by atoms with E-state index in [1.54, 1.807) is 31.2 Å². The molecule has 0 radical (unpaired) electrons. The Kier molecular flexibility index (Phi) is 7.33. The molecule has 162 valence electrons. The predicted octanol–water partition coefficient (Wildman–Crippen LogP) is 2.40. The third-order valence-corrected chi connectivity index (χ3v) is 5.57. The van der Waals surface area contributed by atoms with E-state index in [-0.39, 0.29) is 11.9 Å². The van der Waals surface area contributed by atoms with Crippen molar-refractivity contribution in [2.45, 2.75) is 25.8 Å². The van der Waals surface area contributed by atoms with E-state index >= 15 is 0 Å². The molecule has 1 unspecified atom stereocenters. The molecule has 8 nitrogen and oxygen atoms in total. The number of benzene rings is 1. The number of hydrogen-bond donors (Lipinski definition) is 2. The average Bonchev–Trinajstić information content (AvgIpc) is 2.73. The smallest absolute Gasteiger partial charge is 0.338 e. The van der Waals surface area contributed by atoms with Crippen molar-refractivity contribution in [3.8, 4) is 0 Å². The van der Waals surface area contributed by atoms with E-state index in [0.29, 0.717) is 60.9 Å². The lowest BCUT2D eigenvalue weighted by Gasteiger charge is -2.34. The number of amides is 2. The van der Waals surface area contributed by atoms with E-state index in [1.165, 1.54) is 7.11 Å². The number of nitrogens with one attached hydrogen (secondary N) is 2. The number of carbonyl (C=O) groups excluding carboxylic acids is 3. The van der Waals surface area contributed by atoms with Gasteiger partial charge in [0.2, 0.25) is 0 Å². The molecule has 2 N–H and O–H groups in total. The molecule has 2 amide bonds. The van der Waals surface area contributed by atoms with Crippen LogP contribution in [0.1, 0.15) is 31.4 Å². The van der Waals surface area contributed by atoms with Crippen LogP contribution in [0, 0.1) is 5.92 Å². The highest BCUT2D eigenvalue weighted by Gasteiger charge is 2.35. The number of rotatable bonds is 6. The zero-order valence-electron chi connectivity index (χ0n) is 17.1. The molecule has 3 rings (SSSR count). The van der Waals surface area contributed by atoms with Crippen LogP contribution < -0.4 is 10.6 Å². The van der Waals surface area contributed by atoms with Gasteiger partial charge in [-0.25, -0.2) is 9.59 Å². The summed E-state index contributed by atoms with van der Waals surface area (Å²) in [6.07, 6.45) is 1.34. The molecule has 1 aromatic carbocycles. The Morgan fingerprint density at radius 3 is 2.63 bits per heavy atom. The Bertz CT molecular complexity index is 849. The summed E-state index contributed by atoms with van der Waals surface area (Å²) >= 11 is 6.11. The summed E-state index contributed by atoms with van der Waals surface area (Å²) in [7, 11) is 1.31. The molecule has 0 aliphatic carbocycles. The van der Waals surface area contributed by atoms with Gasteiger partial charge in [0.25, 0.3) is 0 Å². The Hall–Kier alpha value is -2.58. The number of ether oxygens (including phenoxy) is 2. The maximum Gasteiger partial charge on any atom is 0.338 e. The van der Waals surface area contributed by atoms with Gasteiger partial charge in [0.15, 0.2) is 0 Å². The number of urea groups is 1. The highest BCUT2D eigenvalue weighted by Crippen LogP contribution is 2.30. The Morgan fingerprint density at radius 1 is 1.27 bits per heavy atom. The maximum absolute atomic E-state index is 12.6. The standard InChI is InChI=1S/C21H26ClN3O5/c1-3-30-19(26)13-7-9-25(10-8-13)12-16-17(20(27)29-2)18(24-21(28)23-16)14-5-4-6-15(22)11-14/h4-6,11,13,18H,3,7-10,12H2,1-2H3,(H2,23,24,28). The summed E-state index contributed by atoms with van der Waals surface area (Å²) in [5, 5.41) is 6.05. The molecule has 1 saturated heterocycles. The van der Waals surface area contributed by atoms with Crippen molar-refractivity contribution in [2.24, 2.45) is 5.92 Å². The van der Waals surface area contributed by atoms with Crippen molar-refractivity contribution in [2.75, 3.05) is 33.4 Å². The van der Waals surface area contributed by atoms with Crippen LogP contribution in [0.5, 0.6) is 0 Å². The number of hydrogen-bond acceptors (Lipinski definition) is 6. The van der Waals surface area contributed by atoms with Crippen molar-refractivity contribution in [3.63, 3.8) is 0 Å². The van der Waals surface area contributed by atoms with Gasteiger partial charge < -0.3 is 20.1 Å². The predicted molar refractivity (Wildman–Crippen MR) is 111 cm³/mol. The molecular weight excluding hydrogens is 410 g/mol. The van der Waals surface area contributed by atoms with Crippen molar-refractivity contribution in [3.05, 3.63) is 46.1 Å². The second kappa shape index (κ2) is 9.95. The van der Waals surface area contributed by atoms with E-state index in [1.807, 2.05) is 0 Å². The summed E-state index contributed by atoms with van der Waals surface area (Å²) < 4.78 is 10.1. The van der Waals surface area contributed by atoms with Gasteiger partial charge in [-0.3, -0.25) is 9.69 Å². The summed E-state index contributed by atoms with van der Waals surface area (Å²) in [5.74, 6) is -0.802. The largest absolute Gasteiger partial charge is 0.466 e. The van der Waals surface area contributed by atoms with E-state index in [4.69, 9.17) is 21.1 Å². The summed E-state index contributed by atoms with van der Waals surface area (Å²) in [6, 6.07) is 5.93. The molecule has 2 aliphatic heterocycles. The summed E-state index contributed by atoms with van der Waals surface area (Å²) in [5.41, 5.74) is 1.52. The van der Waals surface area contributed by atoms with Crippen LogP contribution in [0.2, 0.25) is 5.02 Å². The normalized spacial score (nSPS) is 20.4. The Labute approximate surface area is 180 Å². The third kappa shape index (κ3) is 5.12. The first-order chi connectivity index (χ1) is 14.4. The van der Waals surface area contributed by atoms with Gasteiger partial charge in [0, 0.05) is 17.3 Å². The second-order valence-electron chi connectivity index (χ2n) is 7.27. The minimum absolute atomic E-state index is 0.114. The Morgan fingerprint density at radius 2 is 2.00 bits per heavy atom. The van der Waals surface area contributed by atoms with Gasteiger partial charge in [-0.05, 0) is 50.6 Å². The molecule has 1 atom stereocenters. The quantitative estimate of drug-likeness (QED) is 0.666.